The van der Waals surface area contributed by atoms with Crippen LogP contribution in [0.25, 0.3) is 0 Å². The van der Waals surface area contributed by atoms with E-state index < -0.39 is 0 Å². The fourth-order valence-corrected chi connectivity index (χ4v) is 1.81. The molecular formula is C16H28N2. The monoisotopic (exact) mass is 248 g/mol. The molecule has 3 N–H and O–H groups in total. The second kappa shape index (κ2) is 5.85. The van der Waals surface area contributed by atoms with Gasteiger partial charge in [-0.2, -0.15) is 0 Å². The van der Waals surface area contributed by atoms with E-state index in [9.17, 15) is 0 Å². The minimum absolute atomic E-state index is 0.129. The highest BCUT2D eigenvalue weighted by Crippen LogP contribution is 2.22. The topological polar surface area (TPSA) is 38.0 Å². The van der Waals surface area contributed by atoms with E-state index in [4.69, 9.17) is 5.73 Å². The quantitative estimate of drug-likeness (QED) is 0.786. The number of benzene rings is 1. The average molecular weight is 248 g/mol. The molecule has 1 rings (SSSR count). The van der Waals surface area contributed by atoms with Crippen LogP contribution in [0.3, 0.4) is 0 Å². The van der Waals surface area contributed by atoms with Gasteiger partial charge in [0, 0.05) is 12.1 Å². The lowest BCUT2D eigenvalue weighted by atomic mass is 9.86. The van der Waals surface area contributed by atoms with Crippen LogP contribution >= 0.6 is 0 Å². The van der Waals surface area contributed by atoms with Gasteiger partial charge in [-0.25, -0.2) is 0 Å². The number of hydrogen-bond acceptors (Lipinski definition) is 2. The maximum absolute atomic E-state index is 5.92. The van der Waals surface area contributed by atoms with Gasteiger partial charge in [0.25, 0.3) is 0 Å². The van der Waals surface area contributed by atoms with Crippen molar-refractivity contribution in [2.24, 2.45) is 5.73 Å². The van der Waals surface area contributed by atoms with Crippen molar-refractivity contribution in [1.29, 1.82) is 0 Å². The van der Waals surface area contributed by atoms with Crippen LogP contribution in [0, 0.1) is 0 Å². The molecule has 2 heteroatoms. The fourth-order valence-electron chi connectivity index (χ4n) is 1.81. The molecule has 102 valence electrons. The molecule has 18 heavy (non-hydrogen) atoms. The van der Waals surface area contributed by atoms with Crippen LogP contribution in [0.1, 0.15) is 45.7 Å². The van der Waals surface area contributed by atoms with Crippen molar-refractivity contribution in [1.82, 2.24) is 5.32 Å². The molecule has 0 atom stereocenters. The Labute approximate surface area is 112 Å². The van der Waals surface area contributed by atoms with E-state index in [2.05, 4.69) is 50.4 Å². The van der Waals surface area contributed by atoms with Crippen molar-refractivity contribution in [3.63, 3.8) is 0 Å². The molecule has 0 heterocycles. The van der Waals surface area contributed by atoms with Crippen molar-refractivity contribution >= 4 is 0 Å². The summed E-state index contributed by atoms with van der Waals surface area (Å²) in [5.74, 6) is 0. The van der Waals surface area contributed by atoms with Gasteiger partial charge in [-0.15, -0.1) is 0 Å². The lowest BCUT2D eigenvalue weighted by Gasteiger charge is -2.20. The third-order valence-electron chi connectivity index (χ3n) is 2.99. The molecule has 0 spiro atoms. The van der Waals surface area contributed by atoms with E-state index in [0.29, 0.717) is 0 Å². The number of rotatable bonds is 5. The number of nitrogens with one attached hydrogen (secondary N) is 1. The summed E-state index contributed by atoms with van der Waals surface area (Å²) in [6.45, 7) is 12.6. The SMILES string of the molecule is CC(C)(N)CNCCc1ccc(C(C)(C)C)cc1. The third-order valence-corrected chi connectivity index (χ3v) is 2.99. The zero-order valence-electron chi connectivity index (χ0n) is 12.5. The summed E-state index contributed by atoms with van der Waals surface area (Å²) in [6, 6.07) is 8.94. The zero-order chi connectivity index (χ0) is 13.8. The van der Waals surface area contributed by atoms with E-state index in [1.807, 2.05) is 13.8 Å². The molecule has 0 aromatic heterocycles. The Bertz CT molecular complexity index is 352. The molecule has 0 bridgehead atoms. The van der Waals surface area contributed by atoms with Gasteiger partial charge in [0.05, 0.1) is 0 Å². The molecule has 0 amide bonds. The first-order valence-corrected chi connectivity index (χ1v) is 6.77. The number of nitrogens with two attached hydrogens (primary N) is 1. The van der Waals surface area contributed by atoms with Gasteiger partial charge in [-0.1, -0.05) is 45.0 Å². The second-order valence-electron chi connectivity index (χ2n) is 6.86. The predicted molar refractivity (Wildman–Crippen MR) is 80.0 cm³/mol. The van der Waals surface area contributed by atoms with Crippen LogP contribution < -0.4 is 11.1 Å². The average Bonchev–Trinajstić information content (AvgIpc) is 2.22. The molecule has 1 aromatic rings. The molecule has 0 aliphatic rings. The fraction of sp³-hybridized carbons (Fsp3) is 0.625. The molecule has 0 unspecified atom stereocenters. The molecule has 0 fully saturated rings. The molecule has 0 radical (unpaired) electrons. The van der Waals surface area contributed by atoms with Gasteiger partial charge in [-0.3, -0.25) is 0 Å². The summed E-state index contributed by atoms with van der Waals surface area (Å²) in [7, 11) is 0. The van der Waals surface area contributed by atoms with E-state index in [-0.39, 0.29) is 11.0 Å². The maximum atomic E-state index is 5.92. The van der Waals surface area contributed by atoms with Gasteiger partial charge in [0.15, 0.2) is 0 Å². The van der Waals surface area contributed by atoms with Crippen molar-refractivity contribution in [2.75, 3.05) is 13.1 Å². The van der Waals surface area contributed by atoms with Crippen LogP contribution in [0.2, 0.25) is 0 Å². The first-order chi connectivity index (χ1) is 8.18. The molecule has 0 aliphatic carbocycles. The Morgan fingerprint density at radius 3 is 2.00 bits per heavy atom. The van der Waals surface area contributed by atoms with Crippen molar-refractivity contribution in [2.45, 2.75) is 52.0 Å². The summed E-state index contributed by atoms with van der Waals surface area (Å²) >= 11 is 0. The van der Waals surface area contributed by atoms with Crippen LogP contribution in [0.5, 0.6) is 0 Å². The summed E-state index contributed by atoms with van der Waals surface area (Å²) in [5, 5.41) is 3.39. The highest BCUT2D eigenvalue weighted by Gasteiger charge is 2.12. The van der Waals surface area contributed by atoms with Gasteiger partial charge < -0.3 is 11.1 Å². The summed E-state index contributed by atoms with van der Waals surface area (Å²) < 4.78 is 0. The van der Waals surface area contributed by atoms with E-state index >= 15 is 0 Å². The first kappa shape index (κ1) is 15.2. The molecule has 1 aromatic carbocycles. The van der Waals surface area contributed by atoms with E-state index in [1.54, 1.807) is 0 Å². The van der Waals surface area contributed by atoms with Crippen LogP contribution in [0.4, 0.5) is 0 Å². The highest BCUT2D eigenvalue weighted by atomic mass is 14.9. The Morgan fingerprint density at radius 2 is 1.56 bits per heavy atom. The van der Waals surface area contributed by atoms with Gasteiger partial charge >= 0.3 is 0 Å². The van der Waals surface area contributed by atoms with Crippen LogP contribution in [-0.2, 0) is 11.8 Å². The number of hydrogen-bond donors (Lipinski definition) is 2. The van der Waals surface area contributed by atoms with Crippen LogP contribution in [-0.4, -0.2) is 18.6 Å². The van der Waals surface area contributed by atoms with Gasteiger partial charge in [0.1, 0.15) is 0 Å². The zero-order valence-corrected chi connectivity index (χ0v) is 12.5. The van der Waals surface area contributed by atoms with Crippen molar-refractivity contribution in [3.8, 4) is 0 Å². The predicted octanol–water partition coefficient (Wildman–Crippen LogP) is 2.85. The summed E-state index contributed by atoms with van der Waals surface area (Å²) in [4.78, 5) is 0. The van der Waals surface area contributed by atoms with E-state index in [1.165, 1.54) is 11.1 Å². The van der Waals surface area contributed by atoms with Gasteiger partial charge in [-0.05, 0) is 43.4 Å². The van der Waals surface area contributed by atoms with Crippen molar-refractivity contribution < 1.29 is 0 Å². The molecule has 2 nitrogen and oxygen atoms in total. The summed E-state index contributed by atoms with van der Waals surface area (Å²) in [5.41, 5.74) is 8.80. The molecule has 0 aliphatic heterocycles. The van der Waals surface area contributed by atoms with E-state index in [0.717, 1.165) is 19.5 Å². The maximum Gasteiger partial charge on any atom is 0.0223 e. The molecular weight excluding hydrogens is 220 g/mol. The normalized spacial score (nSPS) is 12.8. The third kappa shape index (κ3) is 5.65. The Balaban J connectivity index is 2.41. The molecule has 0 saturated carbocycles. The lowest BCUT2D eigenvalue weighted by molar-refractivity contribution is 0.469. The van der Waals surface area contributed by atoms with Gasteiger partial charge in [0.2, 0.25) is 0 Å². The lowest BCUT2D eigenvalue weighted by Crippen LogP contribution is -2.43. The minimum Gasteiger partial charge on any atom is -0.324 e. The first-order valence-electron chi connectivity index (χ1n) is 6.77. The minimum atomic E-state index is -0.129. The summed E-state index contributed by atoms with van der Waals surface area (Å²) in [6.07, 6.45) is 1.06. The van der Waals surface area contributed by atoms with Crippen molar-refractivity contribution in [3.05, 3.63) is 35.4 Å². The molecule has 0 saturated heterocycles. The Hall–Kier alpha value is -0.860. The smallest absolute Gasteiger partial charge is 0.0223 e. The largest absolute Gasteiger partial charge is 0.324 e. The Kier molecular flexibility index (Phi) is 4.94. The highest BCUT2D eigenvalue weighted by molar-refractivity contribution is 5.27. The second-order valence-corrected chi connectivity index (χ2v) is 6.86. The van der Waals surface area contributed by atoms with Crippen LogP contribution in [0.15, 0.2) is 24.3 Å². The Morgan fingerprint density at radius 1 is 1.00 bits per heavy atom. The standard InChI is InChI=1S/C16H28N2/c1-15(2,3)14-8-6-13(7-9-14)10-11-18-12-16(4,5)17/h6-9,18H,10-12,17H2,1-5H3.